The zero-order valence-corrected chi connectivity index (χ0v) is 19.3. The van der Waals surface area contributed by atoms with Gasteiger partial charge in [-0.25, -0.2) is 4.98 Å². The standard InChI is InChI=1S/C21H27N5O2S2/c1-15-12-16(2)26(23-15)14-20(27)25(7-6-24-8-10-28-11-9-24)21-22-18-5-4-17(29-3)13-19(18)30-21/h4-5,12-13H,6-11,14H2,1-3H3. The Bertz CT molecular complexity index is 1030. The number of rotatable bonds is 7. The molecule has 1 fully saturated rings. The molecule has 3 aromatic rings. The van der Waals surface area contributed by atoms with Crippen molar-refractivity contribution in [1.29, 1.82) is 0 Å². The van der Waals surface area contributed by atoms with Gasteiger partial charge in [-0.2, -0.15) is 5.10 Å². The Morgan fingerprint density at radius 1 is 1.27 bits per heavy atom. The maximum absolute atomic E-state index is 13.3. The van der Waals surface area contributed by atoms with E-state index in [1.54, 1.807) is 27.8 Å². The average molecular weight is 446 g/mol. The van der Waals surface area contributed by atoms with Crippen LogP contribution in [0.5, 0.6) is 0 Å². The second-order valence-electron chi connectivity index (χ2n) is 7.41. The summed E-state index contributed by atoms with van der Waals surface area (Å²) in [6, 6.07) is 8.25. The molecule has 1 amide bonds. The SMILES string of the molecule is CSc1ccc2nc(N(CCN3CCOCC3)C(=O)Cn3nc(C)cc3C)sc2c1. The largest absolute Gasteiger partial charge is 0.379 e. The van der Waals surface area contributed by atoms with Crippen molar-refractivity contribution >= 4 is 44.4 Å². The second-order valence-corrected chi connectivity index (χ2v) is 9.30. The number of morpholine rings is 1. The molecule has 7 nitrogen and oxygen atoms in total. The van der Waals surface area contributed by atoms with E-state index in [-0.39, 0.29) is 12.5 Å². The predicted molar refractivity (Wildman–Crippen MR) is 123 cm³/mol. The molecule has 3 heterocycles. The monoisotopic (exact) mass is 445 g/mol. The first-order chi connectivity index (χ1) is 14.5. The van der Waals surface area contributed by atoms with Crippen molar-refractivity contribution in [1.82, 2.24) is 19.7 Å². The molecule has 0 aliphatic carbocycles. The fourth-order valence-electron chi connectivity index (χ4n) is 3.58. The molecule has 0 saturated carbocycles. The zero-order chi connectivity index (χ0) is 21.1. The molecule has 0 spiro atoms. The van der Waals surface area contributed by atoms with E-state index in [1.807, 2.05) is 30.9 Å². The van der Waals surface area contributed by atoms with Crippen LogP contribution < -0.4 is 4.90 Å². The van der Waals surface area contributed by atoms with Crippen molar-refractivity contribution < 1.29 is 9.53 Å². The molecule has 1 saturated heterocycles. The number of thiazole rings is 1. The van der Waals surface area contributed by atoms with E-state index in [9.17, 15) is 4.79 Å². The third-order valence-electron chi connectivity index (χ3n) is 5.25. The Balaban J connectivity index is 1.58. The number of fused-ring (bicyclic) bond motifs is 1. The van der Waals surface area contributed by atoms with E-state index >= 15 is 0 Å². The first kappa shape index (κ1) is 21.3. The topological polar surface area (TPSA) is 63.5 Å². The van der Waals surface area contributed by atoms with Crippen LogP contribution in [-0.2, 0) is 16.1 Å². The smallest absolute Gasteiger partial charge is 0.250 e. The maximum atomic E-state index is 13.3. The van der Waals surface area contributed by atoms with Crippen LogP contribution in [-0.4, -0.2) is 71.2 Å². The Labute approximate surface area is 185 Å². The van der Waals surface area contributed by atoms with Gasteiger partial charge in [-0.05, 0) is 44.4 Å². The lowest BCUT2D eigenvalue weighted by Crippen LogP contribution is -2.44. The number of anilines is 1. The first-order valence-corrected chi connectivity index (χ1v) is 12.1. The number of nitrogens with zero attached hydrogens (tertiary/aromatic N) is 5. The average Bonchev–Trinajstić information content (AvgIpc) is 3.30. The van der Waals surface area contributed by atoms with E-state index in [2.05, 4.69) is 28.4 Å². The number of thioether (sulfide) groups is 1. The zero-order valence-electron chi connectivity index (χ0n) is 17.6. The number of aryl methyl sites for hydroxylation is 2. The van der Waals surface area contributed by atoms with Gasteiger partial charge < -0.3 is 4.74 Å². The summed E-state index contributed by atoms with van der Waals surface area (Å²) < 4.78 is 8.33. The van der Waals surface area contributed by atoms with Crippen LogP contribution in [0.2, 0.25) is 0 Å². The molecule has 0 N–H and O–H groups in total. The molecule has 9 heteroatoms. The Morgan fingerprint density at radius 3 is 2.77 bits per heavy atom. The molecule has 1 aliphatic heterocycles. The van der Waals surface area contributed by atoms with Gasteiger partial charge >= 0.3 is 0 Å². The van der Waals surface area contributed by atoms with E-state index < -0.39 is 0 Å². The van der Waals surface area contributed by atoms with Gasteiger partial charge in [-0.3, -0.25) is 19.3 Å². The summed E-state index contributed by atoms with van der Waals surface area (Å²) in [5.74, 6) is 0.0126. The van der Waals surface area contributed by atoms with Gasteiger partial charge in [0.1, 0.15) is 6.54 Å². The molecule has 1 aliphatic rings. The van der Waals surface area contributed by atoms with Gasteiger partial charge in [0.05, 0.1) is 29.1 Å². The summed E-state index contributed by atoms with van der Waals surface area (Å²) in [7, 11) is 0. The third-order valence-corrected chi connectivity index (χ3v) is 7.01. The van der Waals surface area contributed by atoms with Crippen molar-refractivity contribution in [2.75, 3.05) is 50.5 Å². The summed E-state index contributed by atoms with van der Waals surface area (Å²) in [6.07, 6.45) is 2.07. The van der Waals surface area contributed by atoms with Crippen molar-refractivity contribution in [3.63, 3.8) is 0 Å². The third kappa shape index (κ3) is 4.85. The van der Waals surface area contributed by atoms with Gasteiger partial charge in [0, 0.05) is 36.8 Å². The Kier molecular flexibility index (Phi) is 6.72. The lowest BCUT2D eigenvalue weighted by atomic mass is 10.3. The van der Waals surface area contributed by atoms with Crippen LogP contribution in [0, 0.1) is 13.8 Å². The van der Waals surface area contributed by atoms with Crippen LogP contribution in [0.4, 0.5) is 5.13 Å². The number of hydrogen-bond acceptors (Lipinski definition) is 7. The molecule has 0 radical (unpaired) electrons. The molecule has 2 aromatic heterocycles. The molecule has 0 atom stereocenters. The van der Waals surface area contributed by atoms with Crippen LogP contribution in [0.1, 0.15) is 11.4 Å². The highest BCUT2D eigenvalue weighted by atomic mass is 32.2. The van der Waals surface area contributed by atoms with Crippen molar-refractivity contribution in [2.24, 2.45) is 0 Å². The highest BCUT2D eigenvalue weighted by molar-refractivity contribution is 7.98. The summed E-state index contributed by atoms with van der Waals surface area (Å²) in [5, 5.41) is 5.22. The summed E-state index contributed by atoms with van der Waals surface area (Å²) in [5.41, 5.74) is 2.84. The summed E-state index contributed by atoms with van der Waals surface area (Å²) in [6.45, 7) is 8.85. The van der Waals surface area contributed by atoms with Crippen molar-refractivity contribution in [3.8, 4) is 0 Å². The number of hydrogen-bond donors (Lipinski definition) is 0. The quantitative estimate of drug-likeness (QED) is 0.521. The minimum absolute atomic E-state index is 0.0126. The van der Waals surface area contributed by atoms with Gasteiger partial charge in [-0.1, -0.05) is 11.3 Å². The maximum Gasteiger partial charge on any atom is 0.250 e. The van der Waals surface area contributed by atoms with Crippen LogP contribution >= 0.6 is 23.1 Å². The van der Waals surface area contributed by atoms with Gasteiger partial charge in [0.15, 0.2) is 5.13 Å². The summed E-state index contributed by atoms with van der Waals surface area (Å²) >= 11 is 3.29. The number of benzene rings is 1. The second kappa shape index (κ2) is 9.47. The highest BCUT2D eigenvalue weighted by Crippen LogP contribution is 2.31. The molecule has 30 heavy (non-hydrogen) atoms. The van der Waals surface area contributed by atoms with Crippen LogP contribution in [0.15, 0.2) is 29.2 Å². The number of carbonyl (C=O) groups is 1. The van der Waals surface area contributed by atoms with E-state index in [4.69, 9.17) is 9.72 Å². The number of amides is 1. The highest BCUT2D eigenvalue weighted by Gasteiger charge is 2.22. The van der Waals surface area contributed by atoms with Gasteiger partial charge in [0.2, 0.25) is 0 Å². The molecular weight excluding hydrogens is 418 g/mol. The molecule has 0 unspecified atom stereocenters. The van der Waals surface area contributed by atoms with Crippen molar-refractivity contribution in [3.05, 3.63) is 35.7 Å². The van der Waals surface area contributed by atoms with Gasteiger partial charge in [0.25, 0.3) is 5.91 Å². The van der Waals surface area contributed by atoms with E-state index in [0.29, 0.717) is 6.54 Å². The minimum Gasteiger partial charge on any atom is -0.379 e. The Hall–Kier alpha value is -1.94. The number of aromatic nitrogens is 3. The molecule has 160 valence electrons. The number of carbonyl (C=O) groups excluding carboxylic acids is 1. The van der Waals surface area contributed by atoms with E-state index in [1.165, 1.54) is 4.90 Å². The molecule has 1 aromatic carbocycles. The molecule has 4 rings (SSSR count). The molecular formula is C21H27N5O2S2. The normalized spacial score (nSPS) is 15.0. The van der Waals surface area contributed by atoms with E-state index in [0.717, 1.165) is 59.6 Å². The number of ether oxygens (including phenoxy) is 1. The lowest BCUT2D eigenvalue weighted by Gasteiger charge is -2.29. The molecule has 0 bridgehead atoms. The van der Waals surface area contributed by atoms with Gasteiger partial charge in [-0.15, -0.1) is 11.8 Å². The summed E-state index contributed by atoms with van der Waals surface area (Å²) in [4.78, 5) is 23.5. The van der Waals surface area contributed by atoms with Crippen LogP contribution in [0.25, 0.3) is 10.2 Å². The van der Waals surface area contributed by atoms with Crippen LogP contribution in [0.3, 0.4) is 0 Å². The Morgan fingerprint density at radius 2 is 2.07 bits per heavy atom. The predicted octanol–water partition coefficient (Wildman–Crippen LogP) is 3.20. The first-order valence-electron chi connectivity index (χ1n) is 10.1. The lowest BCUT2D eigenvalue weighted by molar-refractivity contribution is -0.119. The fourth-order valence-corrected chi connectivity index (χ4v) is 5.14. The minimum atomic E-state index is 0.0126. The fraction of sp³-hybridized carbons (Fsp3) is 0.476. The van der Waals surface area contributed by atoms with Crippen molar-refractivity contribution in [2.45, 2.75) is 25.3 Å².